The van der Waals surface area contributed by atoms with Crippen LogP contribution < -0.4 is 5.73 Å². The summed E-state index contributed by atoms with van der Waals surface area (Å²) >= 11 is 0. The average Bonchev–Trinajstić information content (AvgIpc) is 2.62. The zero-order valence-corrected chi connectivity index (χ0v) is 8.14. The number of benzene rings is 1. The molecular weight excluding hydrogens is 190 g/mol. The molecule has 0 bridgehead atoms. The number of carbonyl (C=O) groups excluding carboxylic acids is 1. The van der Waals surface area contributed by atoms with E-state index in [1.165, 1.54) is 6.26 Å². The van der Waals surface area contributed by atoms with Gasteiger partial charge in [-0.3, -0.25) is 4.79 Å². The molecule has 0 saturated carbocycles. The first-order valence-corrected chi connectivity index (χ1v) is 4.66. The first-order chi connectivity index (χ1) is 7.31. The van der Waals surface area contributed by atoms with Gasteiger partial charge in [-0.1, -0.05) is 30.3 Å². The van der Waals surface area contributed by atoms with Gasteiger partial charge in [-0.05, 0) is 5.56 Å². The van der Waals surface area contributed by atoms with Gasteiger partial charge in [0.1, 0.15) is 0 Å². The predicted octanol–water partition coefficient (Wildman–Crippen LogP) is 2.27. The first-order valence-electron chi connectivity index (χ1n) is 4.66. The summed E-state index contributed by atoms with van der Waals surface area (Å²) in [6.07, 6.45) is 2.85. The fourth-order valence-electron chi connectivity index (χ4n) is 1.46. The maximum atomic E-state index is 10.5. The van der Waals surface area contributed by atoms with Gasteiger partial charge in [-0.25, -0.2) is 0 Å². The summed E-state index contributed by atoms with van der Waals surface area (Å²) in [7, 11) is 0. The number of anilines is 1. The van der Waals surface area contributed by atoms with E-state index in [0.717, 1.165) is 11.1 Å². The first kappa shape index (κ1) is 9.52. The van der Waals surface area contributed by atoms with Crippen molar-refractivity contribution in [3.05, 3.63) is 53.5 Å². The van der Waals surface area contributed by atoms with Crippen molar-refractivity contribution < 1.29 is 9.21 Å². The van der Waals surface area contributed by atoms with Crippen molar-refractivity contribution in [2.75, 3.05) is 5.73 Å². The lowest BCUT2D eigenvalue weighted by Crippen LogP contribution is -1.94. The van der Waals surface area contributed by atoms with E-state index in [2.05, 4.69) is 0 Å². The highest BCUT2D eigenvalue weighted by Gasteiger charge is 2.09. The van der Waals surface area contributed by atoms with E-state index < -0.39 is 0 Å². The third kappa shape index (κ3) is 1.91. The molecule has 0 fully saturated rings. The quantitative estimate of drug-likeness (QED) is 0.775. The van der Waals surface area contributed by atoms with Crippen LogP contribution in [-0.4, -0.2) is 6.29 Å². The van der Waals surface area contributed by atoms with Gasteiger partial charge in [0.15, 0.2) is 12.0 Å². The lowest BCUT2D eigenvalue weighted by molar-refractivity contribution is 0.110. The Kier molecular flexibility index (Phi) is 2.54. The minimum Gasteiger partial charge on any atom is -0.459 e. The lowest BCUT2D eigenvalue weighted by atomic mass is 10.1. The number of nitrogen functional groups attached to an aromatic ring is 1. The summed E-state index contributed by atoms with van der Waals surface area (Å²) in [4.78, 5) is 10.5. The maximum Gasteiger partial charge on any atom is 0.189 e. The van der Waals surface area contributed by atoms with Crippen LogP contribution >= 0.6 is 0 Å². The Balaban J connectivity index is 2.25. The van der Waals surface area contributed by atoms with Crippen molar-refractivity contribution >= 4 is 12.0 Å². The Morgan fingerprint density at radius 2 is 2.00 bits per heavy atom. The van der Waals surface area contributed by atoms with Crippen molar-refractivity contribution in [2.45, 2.75) is 6.42 Å². The minimum atomic E-state index is 0.209. The second-order valence-corrected chi connectivity index (χ2v) is 3.32. The average molecular weight is 201 g/mol. The van der Waals surface area contributed by atoms with Gasteiger partial charge in [0, 0.05) is 12.0 Å². The third-order valence-electron chi connectivity index (χ3n) is 2.28. The molecule has 3 heteroatoms. The Hall–Kier alpha value is -2.03. The van der Waals surface area contributed by atoms with Gasteiger partial charge in [0.2, 0.25) is 0 Å². The molecule has 3 nitrogen and oxygen atoms in total. The molecule has 0 saturated heterocycles. The highest BCUT2D eigenvalue weighted by atomic mass is 16.3. The number of carbonyl (C=O) groups is 1. The molecule has 2 aromatic rings. The molecule has 0 atom stereocenters. The van der Waals surface area contributed by atoms with Crippen LogP contribution in [-0.2, 0) is 6.42 Å². The van der Waals surface area contributed by atoms with Gasteiger partial charge in [0.05, 0.1) is 12.0 Å². The van der Waals surface area contributed by atoms with E-state index in [-0.39, 0.29) is 5.76 Å². The summed E-state index contributed by atoms with van der Waals surface area (Å²) in [5.41, 5.74) is 8.17. The molecule has 0 radical (unpaired) electrons. The summed E-state index contributed by atoms with van der Waals surface area (Å²) in [6.45, 7) is 0. The number of rotatable bonds is 3. The smallest absolute Gasteiger partial charge is 0.189 e. The number of nitrogens with two attached hydrogens (primary N) is 1. The molecule has 76 valence electrons. The van der Waals surface area contributed by atoms with E-state index in [4.69, 9.17) is 10.2 Å². The predicted molar refractivity (Wildman–Crippen MR) is 57.8 cm³/mol. The molecule has 1 aromatic carbocycles. The Morgan fingerprint density at radius 3 is 2.60 bits per heavy atom. The highest BCUT2D eigenvalue weighted by Crippen LogP contribution is 2.21. The summed E-state index contributed by atoms with van der Waals surface area (Å²) in [5.74, 6) is 0.209. The molecule has 0 amide bonds. The number of furan rings is 1. The Morgan fingerprint density at radius 1 is 1.27 bits per heavy atom. The van der Waals surface area contributed by atoms with Gasteiger partial charge < -0.3 is 10.2 Å². The van der Waals surface area contributed by atoms with Crippen molar-refractivity contribution in [3.63, 3.8) is 0 Å². The molecule has 0 aliphatic heterocycles. The van der Waals surface area contributed by atoms with Crippen LogP contribution in [0.1, 0.15) is 21.7 Å². The fraction of sp³-hybridized carbons (Fsp3) is 0.0833. The molecule has 2 N–H and O–H groups in total. The lowest BCUT2D eigenvalue weighted by Gasteiger charge is -1.98. The summed E-state index contributed by atoms with van der Waals surface area (Å²) in [5, 5.41) is 0. The summed E-state index contributed by atoms with van der Waals surface area (Å²) in [6, 6.07) is 9.90. The van der Waals surface area contributed by atoms with Crippen LogP contribution in [0.4, 0.5) is 5.69 Å². The number of hydrogen-bond donors (Lipinski definition) is 1. The SMILES string of the molecule is Nc1c(Cc2ccccc2)coc1C=O. The normalized spacial score (nSPS) is 10.1. The number of aldehydes is 1. The number of hydrogen-bond acceptors (Lipinski definition) is 3. The van der Waals surface area contributed by atoms with Crippen LogP contribution in [0, 0.1) is 0 Å². The largest absolute Gasteiger partial charge is 0.459 e. The molecular formula is C12H11NO2. The zero-order chi connectivity index (χ0) is 10.7. The van der Waals surface area contributed by atoms with Crippen LogP contribution in [0.3, 0.4) is 0 Å². The fourth-order valence-corrected chi connectivity index (χ4v) is 1.46. The van der Waals surface area contributed by atoms with E-state index in [1.807, 2.05) is 30.3 Å². The van der Waals surface area contributed by atoms with E-state index in [9.17, 15) is 4.79 Å². The molecule has 1 heterocycles. The maximum absolute atomic E-state index is 10.5. The third-order valence-corrected chi connectivity index (χ3v) is 2.28. The molecule has 2 rings (SSSR count). The van der Waals surface area contributed by atoms with Crippen LogP contribution in [0.2, 0.25) is 0 Å². The van der Waals surface area contributed by atoms with Crippen LogP contribution in [0.15, 0.2) is 41.0 Å². The topological polar surface area (TPSA) is 56.2 Å². The van der Waals surface area contributed by atoms with Gasteiger partial charge in [-0.2, -0.15) is 0 Å². The second-order valence-electron chi connectivity index (χ2n) is 3.32. The van der Waals surface area contributed by atoms with Crippen molar-refractivity contribution in [3.8, 4) is 0 Å². The van der Waals surface area contributed by atoms with E-state index in [0.29, 0.717) is 18.4 Å². The van der Waals surface area contributed by atoms with Gasteiger partial charge >= 0.3 is 0 Å². The van der Waals surface area contributed by atoms with E-state index >= 15 is 0 Å². The molecule has 0 unspecified atom stereocenters. The van der Waals surface area contributed by atoms with E-state index in [1.54, 1.807) is 0 Å². The molecule has 0 spiro atoms. The Bertz CT molecular complexity index is 460. The minimum absolute atomic E-state index is 0.209. The zero-order valence-electron chi connectivity index (χ0n) is 8.14. The molecule has 1 aromatic heterocycles. The van der Waals surface area contributed by atoms with Crippen LogP contribution in [0.25, 0.3) is 0 Å². The second kappa shape index (κ2) is 4.00. The van der Waals surface area contributed by atoms with Gasteiger partial charge in [-0.15, -0.1) is 0 Å². The molecule has 15 heavy (non-hydrogen) atoms. The highest BCUT2D eigenvalue weighted by molar-refractivity contribution is 5.80. The Labute approximate surface area is 87.5 Å². The van der Waals surface area contributed by atoms with Crippen LogP contribution in [0.5, 0.6) is 0 Å². The monoisotopic (exact) mass is 201 g/mol. The van der Waals surface area contributed by atoms with Crippen molar-refractivity contribution in [1.82, 2.24) is 0 Å². The van der Waals surface area contributed by atoms with Gasteiger partial charge in [0.25, 0.3) is 0 Å². The standard InChI is InChI=1S/C12H11NO2/c13-12-10(8-15-11(12)7-14)6-9-4-2-1-3-5-9/h1-5,7-8H,6,13H2. The van der Waals surface area contributed by atoms with Crippen molar-refractivity contribution in [1.29, 1.82) is 0 Å². The summed E-state index contributed by atoms with van der Waals surface area (Å²) < 4.78 is 5.02. The molecule has 0 aliphatic carbocycles. The molecule has 0 aliphatic rings. The van der Waals surface area contributed by atoms with Crippen molar-refractivity contribution in [2.24, 2.45) is 0 Å².